The van der Waals surface area contributed by atoms with Crippen molar-refractivity contribution < 1.29 is 18.9 Å². The van der Waals surface area contributed by atoms with Gasteiger partial charge in [0.2, 0.25) is 0 Å². The monoisotopic (exact) mass is 518 g/mol. The molecule has 1 aliphatic heterocycles. The number of halogens is 1. The number of benzene rings is 2. The standard InChI is InChI=1S/C28H39BrO4/c29-19-11-3-1-2-4-12-20-31-26-17-18-28(32-22-25-15-9-6-10-16-25)33-27(26)23-30-21-24-13-7-5-8-14-24/h5-10,13-16,26-28H,1-4,11-12,17-23H2. The highest BCUT2D eigenvalue weighted by atomic mass is 79.9. The van der Waals surface area contributed by atoms with Crippen LogP contribution in [0.5, 0.6) is 0 Å². The Kier molecular flexibility index (Phi) is 13.1. The summed E-state index contributed by atoms with van der Waals surface area (Å²) in [5, 5.41) is 1.11. The van der Waals surface area contributed by atoms with Crippen molar-refractivity contribution in [1.29, 1.82) is 0 Å². The minimum atomic E-state index is -0.218. The summed E-state index contributed by atoms with van der Waals surface area (Å²) in [7, 11) is 0. The summed E-state index contributed by atoms with van der Waals surface area (Å²) in [5.74, 6) is 0. The Hall–Kier alpha value is -1.24. The summed E-state index contributed by atoms with van der Waals surface area (Å²) < 4.78 is 24.7. The average molecular weight is 520 g/mol. The van der Waals surface area contributed by atoms with Crippen molar-refractivity contribution in [1.82, 2.24) is 0 Å². The Balaban J connectivity index is 1.42. The minimum absolute atomic E-state index is 0.0609. The van der Waals surface area contributed by atoms with Gasteiger partial charge < -0.3 is 18.9 Å². The van der Waals surface area contributed by atoms with Gasteiger partial charge in [-0.2, -0.15) is 0 Å². The first-order valence-corrected chi connectivity index (χ1v) is 13.6. The van der Waals surface area contributed by atoms with Gasteiger partial charge in [0.15, 0.2) is 6.29 Å². The average Bonchev–Trinajstić information content (AvgIpc) is 2.86. The molecule has 2 aromatic rings. The van der Waals surface area contributed by atoms with Gasteiger partial charge >= 0.3 is 0 Å². The lowest BCUT2D eigenvalue weighted by molar-refractivity contribution is -0.245. The molecular formula is C28H39BrO4. The van der Waals surface area contributed by atoms with Gasteiger partial charge in [0, 0.05) is 18.4 Å². The van der Waals surface area contributed by atoms with Crippen LogP contribution in [-0.2, 0) is 32.2 Å². The molecule has 0 saturated carbocycles. The van der Waals surface area contributed by atoms with E-state index in [4.69, 9.17) is 18.9 Å². The molecule has 1 aliphatic rings. The predicted octanol–water partition coefficient (Wildman–Crippen LogP) is 7.05. The van der Waals surface area contributed by atoms with Gasteiger partial charge in [-0.05, 0) is 30.4 Å². The Labute approximate surface area is 208 Å². The van der Waals surface area contributed by atoms with Gasteiger partial charge in [-0.1, -0.05) is 102 Å². The number of unbranched alkanes of at least 4 members (excludes halogenated alkanes) is 5. The predicted molar refractivity (Wildman–Crippen MR) is 136 cm³/mol. The maximum atomic E-state index is 6.30. The molecule has 0 radical (unpaired) electrons. The van der Waals surface area contributed by atoms with Gasteiger partial charge in [-0.15, -0.1) is 0 Å². The fraction of sp³-hybridized carbons (Fsp3) is 0.571. The summed E-state index contributed by atoms with van der Waals surface area (Å²) in [6.07, 6.45) is 9.04. The van der Waals surface area contributed by atoms with Crippen LogP contribution in [0.25, 0.3) is 0 Å². The second-order valence-electron chi connectivity index (χ2n) is 8.70. The van der Waals surface area contributed by atoms with Crippen molar-refractivity contribution in [3.05, 3.63) is 71.8 Å². The van der Waals surface area contributed by atoms with E-state index in [9.17, 15) is 0 Å². The Morgan fingerprint density at radius 2 is 1.36 bits per heavy atom. The maximum Gasteiger partial charge on any atom is 0.158 e. The van der Waals surface area contributed by atoms with Crippen molar-refractivity contribution in [2.45, 2.75) is 83.1 Å². The molecule has 33 heavy (non-hydrogen) atoms. The maximum absolute atomic E-state index is 6.30. The molecule has 182 valence electrons. The fourth-order valence-electron chi connectivity index (χ4n) is 4.07. The van der Waals surface area contributed by atoms with Crippen LogP contribution in [0.2, 0.25) is 0 Å². The van der Waals surface area contributed by atoms with Crippen molar-refractivity contribution in [2.75, 3.05) is 18.5 Å². The van der Waals surface area contributed by atoms with E-state index in [1.54, 1.807) is 0 Å². The molecule has 0 spiro atoms. The van der Waals surface area contributed by atoms with E-state index in [0.29, 0.717) is 19.8 Å². The van der Waals surface area contributed by atoms with Crippen LogP contribution in [0.15, 0.2) is 60.7 Å². The van der Waals surface area contributed by atoms with Crippen LogP contribution in [0.1, 0.15) is 62.5 Å². The first-order valence-electron chi connectivity index (χ1n) is 12.5. The summed E-state index contributed by atoms with van der Waals surface area (Å²) >= 11 is 3.50. The molecule has 0 N–H and O–H groups in total. The number of hydrogen-bond acceptors (Lipinski definition) is 4. The zero-order valence-corrected chi connectivity index (χ0v) is 21.3. The first kappa shape index (κ1) is 26.4. The quantitative estimate of drug-likeness (QED) is 0.176. The zero-order chi connectivity index (χ0) is 23.0. The molecule has 4 nitrogen and oxygen atoms in total. The molecule has 1 heterocycles. The molecule has 5 heteroatoms. The van der Waals surface area contributed by atoms with Crippen molar-refractivity contribution in [2.24, 2.45) is 0 Å². The van der Waals surface area contributed by atoms with Crippen LogP contribution in [0, 0.1) is 0 Å². The van der Waals surface area contributed by atoms with E-state index >= 15 is 0 Å². The lowest BCUT2D eigenvalue weighted by Crippen LogP contribution is -2.44. The topological polar surface area (TPSA) is 36.9 Å². The van der Waals surface area contributed by atoms with E-state index in [0.717, 1.165) is 36.8 Å². The lowest BCUT2D eigenvalue weighted by Gasteiger charge is -2.36. The highest BCUT2D eigenvalue weighted by Gasteiger charge is 2.32. The summed E-state index contributed by atoms with van der Waals surface area (Å²) in [4.78, 5) is 0. The van der Waals surface area contributed by atoms with Crippen LogP contribution >= 0.6 is 15.9 Å². The molecule has 3 unspecified atom stereocenters. The Morgan fingerprint density at radius 3 is 2.06 bits per heavy atom. The fourth-order valence-corrected chi connectivity index (χ4v) is 4.46. The van der Waals surface area contributed by atoms with Crippen LogP contribution in [0.3, 0.4) is 0 Å². The molecular weight excluding hydrogens is 480 g/mol. The summed E-state index contributed by atoms with van der Waals surface area (Å²) in [6, 6.07) is 20.5. The highest BCUT2D eigenvalue weighted by molar-refractivity contribution is 9.09. The van der Waals surface area contributed by atoms with Crippen LogP contribution < -0.4 is 0 Å². The third kappa shape index (κ3) is 10.7. The third-order valence-corrected chi connectivity index (χ3v) is 6.52. The Morgan fingerprint density at radius 1 is 0.727 bits per heavy atom. The molecule has 1 saturated heterocycles. The van der Waals surface area contributed by atoms with E-state index in [1.807, 2.05) is 36.4 Å². The second kappa shape index (κ2) is 16.4. The SMILES string of the molecule is BrCCCCCCCCOC1CCC(OCc2ccccc2)OC1COCc1ccccc1. The first-order chi connectivity index (χ1) is 16.3. The smallest absolute Gasteiger partial charge is 0.158 e. The normalized spacial score (nSPS) is 20.7. The van der Waals surface area contributed by atoms with Crippen LogP contribution in [0.4, 0.5) is 0 Å². The van der Waals surface area contributed by atoms with Gasteiger partial charge in [-0.25, -0.2) is 0 Å². The van der Waals surface area contributed by atoms with Gasteiger partial charge in [0.1, 0.15) is 6.10 Å². The van der Waals surface area contributed by atoms with Crippen molar-refractivity contribution >= 4 is 15.9 Å². The number of rotatable bonds is 16. The molecule has 0 aromatic heterocycles. The molecule has 2 aromatic carbocycles. The molecule has 1 fully saturated rings. The zero-order valence-electron chi connectivity index (χ0n) is 19.7. The number of alkyl halides is 1. The molecule has 0 amide bonds. The lowest BCUT2D eigenvalue weighted by atomic mass is 10.0. The Bertz CT molecular complexity index is 727. The van der Waals surface area contributed by atoms with E-state index in [1.165, 1.54) is 37.7 Å². The minimum Gasteiger partial charge on any atom is -0.375 e. The van der Waals surface area contributed by atoms with Gasteiger partial charge in [0.05, 0.1) is 25.9 Å². The van der Waals surface area contributed by atoms with Crippen LogP contribution in [-0.4, -0.2) is 37.0 Å². The molecule has 3 atom stereocenters. The number of ether oxygens (including phenoxy) is 4. The summed E-state index contributed by atoms with van der Waals surface area (Å²) in [5.41, 5.74) is 2.33. The van der Waals surface area contributed by atoms with E-state index < -0.39 is 0 Å². The van der Waals surface area contributed by atoms with Crippen molar-refractivity contribution in [3.63, 3.8) is 0 Å². The van der Waals surface area contributed by atoms with Gasteiger partial charge in [0.25, 0.3) is 0 Å². The second-order valence-corrected chi connectivity index (χ2v) is 9.49. The van der Waals surface area contributed by atoms with Crippen molar-refractivity contribution in [3.8, 4) is 0 Å². The number of hydrogen-bond donors (Lipinski definition) is 0. The molecule has 0 bridgehead atoms. The third-order valence-electron chi connectivity index (χ3n) is 5.96. The largest absolute Gasteiger partial charge is 0.375 e. The summed E-state index contributed by atoms with van der Waals surface area (Å²) in [6.45, 7) is 2.44. The van der Waals surface area contributed by atoms with Gasteiger partial charge in [-0.3, -0.25) is 0 Å². The molecule has 0 aliphatic carbocycles. The van der Waals surface area contributed by atoms with E-state index in [2.05, 4.69) is 40.2 Å². The molecule has 3 rings (SSSR count). The van der Waals surface area contributed by atoms with E-state index in [-0.39, 0.29) is 18.5 Å². The highest BCUT2D eigenvalue weighted by Crippen LogP contribution is 2.25.